The van der Waals surface area contributed by atoms with Crippen LogP contribution in [0, 0.1) is 0 Å². The number of hydrogen-bond donors (Lipinski definition) is 0. The van der Waals surface area contributed by atoms with Crippen molar-refractivity contribution in [3.05, 3.63) is 18.3 Å². The van der Waals surface area contributed by atoms with Gasteiger partial charge in [0.15, 0.2) is 0 Å². The number of halogens is 2. The first-order valence-electron chi connectivity index (χ1n) is 8.02. The van der Waals surface area contributed by atoms with E-state index in [1.165, 1.54) is 16.6 Å². The molecule has 1 aromatic rings. The summed E-state index contributed by atoms with van der Waals surface area (Å²) in [4.78, 5) is 7.68. The van der Waals surface area contributed by atoms with Crippen molar-refractivity contribution in [1.82, 2.24) is 14.2 Å². The van der Waals surface area contributed by atoms with Crippen LogP contribution in [0.15, 0.2) is 23.2 Å². The molecule has 1 aliphatic rings. The lowest BCUT2D eigenvalue weighted by Gasteiger charge is -2.26. The Morgan fingerprint density at radius 2 is 1.92 bits per heavy atom. The molecule has 0 spiro atoms. The number of likely N-dealkylation sites (N-methyl/N-ethyl adjacent to an activating group) is 2. The maximum absolute atomic E-state index is 12.5. The van der Waals surface area contributed by atoms with Gasteiger partial charge in [-0.15, -0.1) is 0 Å². The summed E-state index contributed by atoms with van der Waals surface area (Å²) in [6, 6.07) is 3.15. The average Bonchev–Trinajstić information content (AvgIpc) is 2.60. The van der Waals surface area contributed by atoms with E-state index in [1.54, 1.807) is 30.0 Å². The average molecular weight is 378 g/mol. The molecular weight excluding hydrogens is 354 g/mol. The molecule has 0 N–H and O–H groups in total. The fraction of sp³-hybridized carbons (Fsp3) is 0.667. The maximum atomic E-state index is 12.5. The number of sulfonamides is 1. The van der Waals surface area contributed by atoms with Crippen molar-refractivity contribution in [3.8, 4) is 0 Å². The number of nitrogens with zero attached hydrogens (tertiary/aromatic N) is 4. The van der Waals surface area contributed by atoms with Crippen LogP contribution in [0.3, 0.4) is 0 Å². The van der Waals surface area contributed by atoms with Gasteiger partial charge in [0.05, 0.1) is 19.8 Å². The monoisotopic (exact) mass is 378 g/mol. The first-order valence-corrected chi connectivity index (χ1v) is 9.46. The molecule has 0 amide bonds. The van der Waals surface area contributed by atoms with Crippen LogP contribution in [0.4, 0.5) is 14.6 Å². The minimum Gasteiger partial charge on any atom is -0.379 e. The zero-order chi connectivity index (χ0) is 18.4. The van der Waals surface area contributed by atoms with Crippen LogP contribution in [0.2, 0.25) is 0 Å². The van der Waals surface area contributed by atoms with Gasteiger partial charge in [0, 0.05) is 39.4 Å². The molecule has 0 unspecified atom stereocenters. The van der Waals surface area contributed by atoms with Crippen LogP contribution in [0.5, 0.6) is 0 Å². The molecule has 7 nitrogen and oxygen atoms in total. The van der Waals surface area contributed by atoms with E-state index in [2.05, 4.69) is 4.98 Å². The smallest absolute Gasteiger partial charge is 0.251 e. The molecule has 2 heterocycles. The SMILES string of the molecule is CN(CCN(C)c1ccc(S(=O)(=O)N2CCOCC2)cn1)CC(F)F. The zero-order valence-electron chi connectivity index (χ0n) is 14.4. The molecule has 1 fully saturated rings. The third kappa shape index (κ3) is 5.56. The number of ether oxygens (including phenoxy) is 1. The van der Waals surface area contributed by atoms with Gasteiger partial charge in [-0.1, -0.05) is 0 Å². The molecule has 0 radical (unpaired) electrons. The van der Waals surface area contributed by atoms with Crippen molar-refractivity contribution in [2.45, 2.75) is 11.3 Å². The molecule has 2 rings (SSSR count). The number of aromatic nitrogens is 1. The van der Waals surface area contributed by atoms with Gasteiger partial charge in [-0.25, -0.2) is 22.2 Å². The number of anilines is 1. The second-order valence-electron chi connectivity index (χ2n) is 5.94. The highest BCUT2D eigenvalue weighted by molar-refractivity contribution is 7.89. The number of morpholine rings is 1. The zero-order valence-corrected chi connectivity index (χ0v) is 15.3. The number of alkyl halides is 2. The lowest BCUT2D eigenvalue weighted by Crippen LogP contribution is -2.40. The van der Waals surface area contributed by atoms with Crippen molar-refractivity contribution in [3.63, 3.8) is 0 Å². The Kier molecular flexibility index (Phi) is 7.05. The molecule has 1 aromatic heterocycles. The minimum atomic E-state index is -3.56. The Labute approximate surface area is 147 Å². The van der Waals surface area contributed by atoms with E-state index in [4.69, 9.17) is 4.74 Å². The molecule has 0 aromatic carbocycles. The number of pyridine rings is 1. The van der Waals surface area contributed by atoms with Gasteiger partial charge in [0.25, 0.3) is 6.43 Å². The third-order valence-corrected chi connectivity index (χ3v) is 5.87. The predicted octanol–water partition coefficient (Wildman–Crippen LogP) is 0.736. The summed E-state index contributed by atoms with van der Waals surface area (Å²) in [5.41, 5.74) is 0. The fourth-order valence-electron chi connectivity index (χ4n) is 2.45. The third-order valence-electron chi connectivity index (χ3n) is 3.99. The molecule has 10 heteroatoms. The number of rotatable bonds is 8. The predicted molar refractivity (Wildman–Crippen MR) is 90.6 cm³/mol. The summed E-state index contributed by atoms with van der Waals surface area (Å²) in [5.74, 6) is 0.589. The van der Waals surface area contributed by atoms with Crippen molar-refractivity contribution in [2.75, 3.05) is 64.9 Å². The van der Waals surface area contributed by atoms with Gasteiger partial charge in [-0.2, -0.15) is 4.31 Å². The summed E-state index contributed by atoms with van der Waals surface area (Å²) in [6.07, 6.45) is -1.03. The molecule has 0 aliphatic carbocycles. The van der Waals surface area contributed by atoms with Gasteiger partial charge in [-0.05, 0) is 19.2 Å². The Balaban J connectivity index is 1.96. The van der Waals surface area contributed by atoms with Crippen LogP contribution in [0.1, 0.15) is 0 Å². The molecule has 1 aliphatic heterocycles. The van der Waals surface area contributed by atoms with E-state index in [0.29, 0.717) is 45.2 Å². The normalized spacial score (nSPS) is 16.6. The summed E-state index contributed by atoms with van der Waals surface area (Å²) in [6.45, 7) is 2.13. The first-order chi connectivity index (χ1) is 11.8. The van der Waals surface area contributed by atoms with Gasteiger partial charge >= 0.3 is 0 Å². The van der Waals surface area contributed by atoms with Gasteiger partial charge < -0.3 is 9.64 Å². The fourth-order valence-corrected chi connectivity index (χ4v) is 3.80. The first kappa shape index (κ1) is 20.0. The molecule has 1 saturated heterocycles. The van der Waals surface area contributed by atoms with E-state index in [1.807, 2.05) is 0 Å². The summed E-state index contributed by atoms with van der Waals surface area (Å²) >= 11 is 0. The Morgan fingerprint density at radius 3 is 2.48 bits per heavy atom. The molecule has 0 atom stereocenters. The quantitative estimate of drug-likeness (QED) is 0.665. The van der Waals surface area contributed by atoms with Crippen LogP contribution < -0.4 is 4.90 Å². The van der Waals surface area contributed by atoms with Crippen molar-refractivity contribution in [2.24, 2.45) is 0 Å². The van der Waals surface area contributed by atoms with E-state index < -0.39 is 16.4 Å². The van der Waals surface area contributed by atoms with E-state index in [9.17, 15) is 17.2 Å². The highest BCUT2D eigenvalue weighted by atomic mass is 32.2. The highest BCUT2D eigenvalue weighted by Crippen LogP contribution is 2.18. The lowest BCUT2D eigenvalue weighted by molar-refractivity contribution is 0.0730. The summed E-state index contributed by atoms with van der Waals surface area (Å²) < 4.78 is 56.2. The Bertz CT molecular complexity index is 637. The van der Waals surface area contributed by atoms with Crippen LogP contribution in [0.25, 0.3) is 0 Å². The van der Waals surface area contributed by atoms with Crippen molar-refractivity contribution >= 4 is 15.8 Å². The van der Waals surface area contributed by atoms with Gasteiger partial charge in [0.1, 0.15) is 10.7 Å². The van der Waals surface area contributed by atoms with Crippen LogP contribution in [-0.4, -0.2) is 89.1 Å². The summed E-state index contributed by atoms with van der Waals surface area (Å²) in [5, 5.41) is 0. The van der Waals surface area contributed by atoms with E-state index in [0.717, 1.165) is 0 Å². The van der Waals surface area contributed by atoms with E-state index >= 15 is 0 Å². The Morgan fingerprint density at radius 1 is 1.24 bits per heavy atom. The second-order valence-corrected chi connectivity index (χ2v) is 7.88. The van der Waals surface area contributed by atoms with E-state index in [-0.39, 0.29) is 11.4 Å². The van der Waals surface area contributed by atoms with Gasteiger partial charge in [0.2, 0.25) is 10.0 Å². The number of hydrogen-bond acceptors (Lipinski definition) is 6. The van der Waals surface area contributed by atoms with Gasteiger partial charge in [-0.3, -0.25) is 4.90 Å². The highest BCUT2D eigenvalue weighted by Gasteiger charge is 2.26. The van der Waals surface area contributed by atoms with Crippen molar-refractivity contribution < 1.29 is 21.9 Å². The molecule has 0 bridgehead atoms. The molecule has 0 saturated carbocycles. The summed E-state index contributed by atoms with van der Waals surface area (Å²) in [7, 11) is -0.146. The standard InChI is InChI=1S/C15H24F2N4O3S/c1-19(12-14(16)17)5-6-20(2)15-4-3-13(11-18-15)25(22,23)21-7-9-24-10-8-21/h3-4,11,14H,5-10,12H2,1-2H3. The maximum Gasteiger partial charge on any atom is 0.251 e. The lowest BCUT2D eigenvalue weighted by atomic mass is 10.4. The minimum absolute atomic E-state index is 0.140. The molecule has 25 heavy (non-hydrogen) atoms. The van der Waals surface area contributed by atoms with Crippen LogP contribution in [-0.2, 0) is 14.8 Å². The molecular formula is C15H24F2N4O3S. The second kappa shape index (κ2) is 8.84. The Hall–Kier alpha value is -1.36. The molecule has 142 valence electrons. The largest absolute Gasteiger partial charge is 0.379 e. The topological polar surface area (TPSA) is 66.0 Å². The van der Waals surface area contributed by atoms with Crippen molar-refractivity contribution in [1.29, 1.82) is 0 Å². The van der Waals surface area contributed by atoms with Crippen LogP contribution >= 0.6 is 0 Å².